The van der Waals surface area contributed by atoms with Gasteiger partial charge in [0.05, 0.1) is 7.11 Å². The van der Waals surface area contributed by atoms with Crippen LogP contribution < -0.4 is 9.47 Å². The van der Waals surface area contributed by atoms with Crippen molar-refractivity contribution in [1.82, 2.24) is 9.97 Å². The van der Waals surface area contributed by atoms with Gasteiger partial charge in [-0.15, -0.1) is 0 Å². The number of ether oxygens (including phenoxy) is 2. The van der Waals surface area contributed by atoms with Crippen LogP contribution in [-0.2, 0) is 6.61 Å². The fourth-order valence-corrected chi connectivity index (χ4v) is 2.13. The van der Waals surface area contributed by atoms with E-state index < -0.39 is 0 Å². The Morgan fingerprint density at radius 1 is 1.05 bits per heavy atom. The Labute approximate surface area is 127 Å². The number of nitrogens with zero attached hydrogens (tertiary/aromatic N) is 2. The van der Waals surface area contributed by atoms with E-state index in [0.29, 0.717) is 29.0 Å². The SMILES string of the molecule is COc1cc2ccc(Cl)nc2c(OCc2ccccc2)n1. The number of rotatable bonds is 4. The van der Waals surface area contributed by atoms with Gasteiger partial charge in [-0.25, -0.2) is 4.98 Å². The second kappa shape index (κ2) is 5.97. The van der Waals surface area contributed by atoms with Crippen LogP contribution in [0.4, 0.5) is 0 Å². The molecule has 0 saturated heterocycles. The van der Waals surface area contributed by atoms with Gasteiger partial charge in [0.15, 0.2) is 0 Å². The average Bonchev–Trinajstić information content (AvgIpc) is 2.53. The number of hydrogen-bond acceptors (Lipinski definition) is 4. The third kappa shape index (κ3) is 3.06. The highest BCUT2D eigenvalue weighted by atomic mass is 35.5. The summed E-state index contributed by atoms with van der Waals surface area (Å²) in [7, 11) is 1.57. The summed E-state index contributed by atoms with van der Waals surface area (Å²) >= 11 is 5.96. The third-order valence-electron chi connectivity index (χ3n) is 3.01. The van der Waals surface area contributed by atoms with Crippen molar-refractivity contribution in [3.8, 4) is 11.8 Å². The van der Waals surface area contributed by atoms with E-state index in [1.807, 2.05) is 36.4 Å². The fourth-order valence-electron chi connectivity index (χ4n) is 1.98. The quantitative estimate of drug-likeness (QED) is 0.686. The van der Waals surface area contributed by atoms with Crippen molar-refractivity contribution >= 4 is 22.5 Å². The molecule has 106 valence electrons. The first-order valence-electron chi connectivity index (χ1n) is 6.44. The molecule has 0 aliphatic heterocycles. The van der Waals surface area contributed by atoms with Gasteiger partial charge in [0, 0.05) is 11.5 Å². The van der Waals surface area contributed by atoms with Crippen molar-refractivity contribution in [1.29, 1.82) is 0 Å². The maximum absolute atomic E-state index is 5.96. The molecule has 0 fully saturated rings. The van der Waals surface area contributed by atoms with Crippen LogP contribution >= 0.6 is 11.6 Å². The van der Waals surface area contributed by atoms with Crippen LogP contribution in [0.25, 0.3) is 10.9 Å². The van der Waals surface area contributed by atoms with Gasteiger partial charge in [0.2, 0.25) is 11.8 Å². The number of fused-ring (bicyclic) bond motifs is 1. The molecule has 0 aliphatic carbocycles. The van der Waals surface area contributed by atoms with Crippen LogP contribution in [0.15, 0.2) is 48.5 Å². The normalized spacial score (nSPS) is 10.6. The zero-order valence-electron chi connectivity index (χ0n) is 11.4. The number of benzene rings is 1. The number of pyridine rings is 2. The molecule has 0 N–H and O–H groups in total. The van der Waals surface area contributed by atoms with Gasteiger partial charge in [-0.1, -0.05) is 41.9 Å². The summed E-state index contributed by atoms with van der Waals surface area (Å²) < 4.78 is 11.0. The van der Waals surface area contributed by atoms with Crippen molar-refractivity contribution in [2.45, 2.75) is 6.61 Å². The van der Waals surface area contributed by atoms with Gasteiger partial charge < -0.3 is 9.47 Å². The molecule has 4 nitrogen and oxygen atoms in total. The molecule has 3 rings (SSSR count). The lowest BCUT2D eigenvalue weighted by molar-refractivity contribution is 0.290. The minimum absolute atomic E-state index is 0.402. The Morgan fingerprint density at radius 2 is 1.86 bits per heavy atom. The first kappa shape index (κ1) is 13.6. The molecule has 0 amide bonds. The lowest BCUT2D eigenvalue weighted by Crippen LogP contribution is -2.00. The highest BCUT2D eigenvalue weighted by Gasteiger charge is 2.10. The van der Waals surface area contributed by atoms with E-state index in [0.717, 1.165) is 10.9 Å². The van der Waals surface area contributed by atoms with E-state index in [4.69, 9.17) is 21.1 Å². The zero-order valence-corrected chi connectivity index (χ0v) is 12.2. The van der Waals surface area contributed by atoms with E-state index in [-0.39, 0.29) is 0 Å². The average molecular weight is 301 g/mol. The van der Waals surface area contributed by atoms with Gasteiger partial charge in [0.1, 0.15) is 17.3 Å². The Bertz CT molecular complexity index is 763. The number of halogens is 1. The van der Waals surface area contributed by atoms with Gasteiger partial charge in [0.25, 0.3) is 0 Å². The predicted molar refractivity (Wildman–Crippen MR) is 81.9 cm³/mol. The Hall–Kier alpha value is -2.33. The minimum atomic E-state index is 0.402. The molecule has 1 aromatic carbocycles. The molecule has 21 heavy (non-hydrogen) atoms. The molecule has 0 bridgehead atoms. The van der Waals surface area contributed by atoms with E-state index in [1.54, 1.807) is 19.2 Å². The number of methoxy groups -OCH3 is 1. The summed E-state index contributed by atoms with van der Waals surface area (Å²) in [4.78, 5) is 8.60. The first-order chi connectivity index (χ1) is 10.3. The van der Waals surface area contributed by atoms with Gasteiger partial charge in [-0.2, -0.15) is 4.98 Å². The highest BCUT2D eigenvalue weighted by Crippen LogP contribution is 2.28. The lowest BCUT2D eigenvalue weighted by atomic mass is 10.2. The standard InChI is InChI=1S/C16H13ClN2O2/c1-20-14-9-12-7-8-13(17)18-15(12)16(19-14)21-10-11-5-3-2-4-6-11/h2-9H,10H2,1H3. The Balaban J connectivity index is 1.97. The summed E-state index contributed by atoms with van der Waals surface area (Å²) in [5, 5.41) is 1.27. The fraction of sp³-hybridized carbons (Fsp3) is 0.125. The molecule has 2 heterocycles. The van der Waals surface area contributed by atoms with Gasteiger partial charge in [-0.3, -0.25) is 0 Å². The van der Waals surface area contributed by atoms with Crippen molar-refractivity contribution in [3.63, 3.8) is 0 Å². The molecule has 2 aromatic heterocycles. The molecule has 0 spiro atoms. The second-order valence-corrected chi connectivity index (χ2v) is 4.84. The topological polar surface area (TPSA) is 44.2 Å². The zero-order chi connectivity index (χ0) is 14.7. The van der Waals surface area contributed by atoms with Crippen LogP contribution in [0.5, 0.6) is 11.8 Å². The van der Waals surface area contributed by atoms with Crippen molar-refractivity contribution < 1.29 is 9.47 Å². The van der Waals surface area contributed by atoms with E-state index >= 15 is 0 Å². The molecule has 0 atom stereocenters. The third-order valence-corrected chi connectivity index (χ3v) is 3.22. The van der Waals surface area contributed by atoms with Crippen LogP contribution in [0, 0.1) is 0 Å². The highest BCUT2D eigenvalue weighted by molar-refractivity contribution is 6.29. The molecule has 0 saturated carbocycles. The Morgan fingerprint density at radius 3 is 2.62 bits per heavy atom. The summed E-state index contributed by atoms with van der Waals surface area (Å²) in [6.07, 6.45) is 0. The second-order valence-electron chi connectivity index (χ2n) is 4.45. The largest absolute Gasteiger partial charge is 0.481 e. The van der Waals surface area contributed by atoms with E-state index in [2.05, 4.69) is 9.97 Å². The molecule has 3 aromatic rings. The van der Waals surface area contributed by atoms with Crippen LogP contribution in [0.2, 0.25) is 5.15 Å². The molecule has 0 unspecified atom stereocenters. The molecule has 5 heteroatoms. The summed E-state index contributed by atoms with van der Waals surface area (Å²) in [5.41, 5.74) is 1.68. The smallest absolute Gasteiger partial charge is 0.244 e. The summed E-state index contributed by atoms with van der Waals surface area (Å²) in [6, 6.07) is 15.3. The maximum atomic E-state index is 5.96. The van der Waals surface area contributed by atoms with Crippen molar-refractivity contribution in [2.75, 3.05) is 7.11 Å². The minimum Gasteiger partial charge on any atom is -0.481 e. The van der Waals surface area contributed by atoms with E-state index in [9.17, 15) is 0 Å². The van der Waals surface area contributed by atoms with Gasteiger partial charge >= 0.3 is 0 Å². The van der Waals surface area contributed by atoms with Crippen molar-refractivity contribution in [3.05, 3.63) is 59.2 Å². The summed E-state index contributed by atoms with van der Waals surface area (Å²) in [6.45, 7) is 0.407. The maximum Gasteiger partial charge on any atom is 0.244 e. The van der Waals surface area contributed by atoms with Crippen LogP contribution in [0.3, 0.4) is 0 Å². The van der Waals surface area contributed by atoms with Crippen molar-refractivity contribution in [2.24, 2.45) is 0 Å². The van der Waals surface area contributed by atoms with Crippen LogP contribution in [-0.4, -0.2) is 17.1 Å². The van der Waals surface area contributed by atoms with Gasteiger partial charge in [-0.05, 0) is 17.7 Å². The monoisotopic (exact) mass is 300 g/mol. The van der Waals surface area contributed by atoms with Crippen LogP contribution in [0.1, 0.15) is 5.56 Å². The molecular weight excluding hydrogens is 288 g/mol. The molecular formula is C16H13ClN2O2. The number of hydrogen-bond donors (Lipinski definition) is 0. The number of aromatic nitrogens is 2. The summed E-state index contributed by atoms with van der Waals surface area (Å²) in [5.74, 6) is 0.894. The molecule has 0 radical (unpaired) electrons. The lowest BCUT2D eigenvalue weighted by Gasteiger charge is -2.10. The van der Waals surface area contributed by atoms with E-state index in [1.165, 1.54) is 0 Å². The molecule has 0 aliphatic rings. The Kier molecular flexibility index (Phi) is 3.88. The predicted octanol–water partition coefficient (Wildman–Crippen LogP) is 3.87. The first-order valence-corrected chi connectivity index (χ1v) is 6.82.